The van der Waals surface area contributed by atoms with Crippen molar-refractivity contribution in [1.82, 2.24) is 0 Å². The lowest BCUT2D eigenvalue weighted by Gasteiger charge is -2.21. The molecule has 2 aromatic carbocycles. The van der Waals surface area contributed by atoms with Gasteiger partial charge in [0.1, 0.15) is 0 Å². The van der Waals surface area contributed by atoms with Crippen molar-refractivity contribution >= 4 is 46.7 Å². The summed E-state index contributed by atoms with van der Waals surface area (Å²) in [7, 11) is 0. The van der Waals surface area contributed by atoms with Crippen molar-refractivity contribution in [2.24, 2.45) is 0 Å². The average molecular weight is 443 g/mol. The van der Waals surface area contributed by atoms with Gasteiger partial charge < -0.3 is 0 Å². The highest BCUT2D eigenvalue weighted by molar-refractivity contribution is 8.03. The molecule has 150 valence electrons. The van der Waals surface area contributed by atoms with Gasteiger partial charge >= 0.3 is 0 Å². The molecule has 0 unspecified atom stereocenters. The molecule has 2 nitrogen and oxygen atoms in total. The summed E-state index contributed by atoms with van der Waals surface area (Å²) in [4.78, 5) is 29.4. The second kappa shape index (κ2) is 8.71. The Balaban J connectivity index is 1.76. The Morgan fingerprint density at radius 1 is 1.10 bits per heavy atom. The van der Waals surface area contributed by atoms with Gasteiger partial charge in [-0.25, -0.2) is 0 Å². The maximum absolute atomic E-state index is 13.5. The third-order valence-corrected chi connectivity index (χ3v) is 8.20. The van der Waals surface area contributed by atoms with E-state index < -0.39 is 0 Å². The summed E-state index contributed by atoms with van der Waals surface area (Å²) in [5.74, 6) is 1.09. The molecule has 0 saturated heterocycles. The second-order valence-electron chi connectivity index (χ2n) is 7.70. The number of ketones is 2. The van der Waals surface area contributed by atoms with E-state index in [4.69, 9.17) is 11.6 Å². The molecule has 4 rings (SSSR count). The summed E-state index contributed by atoms with van der Waals surface area (Å²) in [6, 6.07) is 12.0. The summed E-state index contributed by atoms with van der Waals surface area (Å²) in [5, 5.41) is 0.523. The summed E-state index contributed by atoms with van der Waals surface area (Å²) < 4.78 is 0. The van der Waals surface area contributed by atoms with E-state index in [0.29, 0.717) is 28.5 Å². The lowest BCUT2D eigenvalue weighted by atomic mass is 9.91. The molecule has 0 atom stereocenters. The van der Waals surface area contributed by atoms with Crippen molar-refractivity contribution in [2.45, 2.75) is 55.2 Å². The minimum Gasteiger partial charge on any atom is -0.294 e. The molecule has 2 aliphatic rings. The van der Waals surface area contributed by atoms with Crippen LogP contribution >= 0.6 is 35.1 Å². The molecule has 1 aliphatic heterocycles. The Morgan fingerprint density at radius 3 is 2.69 bits per heavy atom. The summed E-state index contributed by atoms with van der Waals surface area (Å²) >= 11 is 9.96. The molecule has 0 saturated carbocycles. The lowest BCUT2D eigenvalue weighted by molar-refractivity contribution is -0.115. The number of thioether (sulfide) groups is 2. The van der Waals surface area contributed by atoms with Crippen LogP contribution in [0.3, 0.4) is 0 Å². The van der Waals surface area contributed by atoms with Crippen molar-refractivity contribution in [3.05, 3.63) is 68.6 Å². The van der Waals surface area contributed by atoms with Crippen LogP contribution in [0.15, 0.2) is 56.7 Å². The number of Topliss-reactive ketones (excluding diaryl/α,β-unsaturated/α-hetero) is 2. The maximum atomic E-state index is 13.5. The fraction of sp³-hybridized carbons (Fsp3) is 0.333. The number of halogens is 1. The fourth-order valence-electron chi connectivity index (χ4n) is 3.90. The Kier molecular flexibility index (Phi) is 6.24. The first kappa shape index (κ1) is 20.8. The minimum atomic E-state index is -0.219. The largest absolute Gasteiger partial charge is 0.294 e. The Hall–Kier alpha value is -1.49. The number of fused-ring (bicyclic) bond motifs is 1. The number of benzene rings is 2. The quantitative estimate of drug-likeness (QED) is 0.365. The Morgan fingerprint density at radius 2 is 1.90 bits per heavy atom. The Labute approximate surface area is 185 Å². The van der Waals surface area contributed by atoms with E-state index in [0.717, 1.165) is 45.3 Å². The van der Waals surface area contributed by atoms with Crippen molar-refractivity contribution in [3.8, 4) is 0 Å². The van der Waals surface area contributed by atoms with Crippen LogP contribution in [0.4, 0.5) is 0 Å². The van der Waals surface area contributed by atoms with Crippen LogP contribution in [0.25, 0.3) is 0 Å². The van der Waals surface area contributed by atoms with Gasteiger partial charge in [-0.1, -0.05) is 55.4 Å². The van der Waals surface area contributed by atoms with Gasteiger partial charge in [-0.15, -0.1) is 11.8 Å². The van der Waals surface area contributed by atoms with Crippen LogP contribution in [0.2, 0.25) is 5.02 Å². The lowest BCUT2D eigenvalue weighted by Crippen LogP contribution is -2.19. The molecular formula is C24H23ClO2S2. The van der Waals surface area contributed by atoms with Crippen LogP contribution < -0.4 is 0 Å². The molecule has 5 heteroatoms. The van der Waals surface area contributed by atoms with Crippen molar-refractivity contribution in [2.75, 3.05) is 5.75 Å². The molecule has 1 heterocycles. The van der Waals surface area contributed by atoms with Gasteiger partial charge in [0.25, 0.3) is 0 Å². The minimum absolute atomic E-state index is 0.0586. The number of carbonyl (C=O) groups is 2. The first-order valence-corrected chi connectivity index (χ1v) is 12.2. The summed E-state index contributed by atoms with van der Waals surface area (Å²) in [5.41, 5.74) is 3.09. The maximum Gasteiger partial charge on any atom is 0.198 e. The molecule has 0 amide bonds. The predicted molar refractivity (Wildman–Crippen MR) is 122 cm³/mol. The van der Waals surface area contributed by atoms with Gasteiger partial charge in [0, 0.05) is 32.4 Å². The predicted octanol–water partition coefficient (Wildman–Crippen LogP) is 7.09. The molecule has 0 spiro atoms. The normalized spacial score (nSPS) is 16.5. The first-order chi connectivity index (χ1) is 14.0. The van der Waals surface area contributed by atoms with E-state index in [9.17, 15) is 9.59 Å². The van der Waals surface area contributed by atoms with Crippen molar-refractivity contribution < 1.29 is 9.59 Å². The first-order valence-electron chi connectivity index (χ1n) is 9.99. The van der Waals surface area contributed by atoms with Gasteiger partial charge in [0.05, 0.1) is 10.6 Å². The highest BCUT2D eigenvalue weighted by Gasteiger charge is 2.30. The van der Waals surface area contributed by atoms with Crippen LogP contribution in [0.5, 0.6) is 0 Å². The zero-order valence-electron chi connectivity index (χ0n) is 16.6. The molecule has 0 fully saturated rings. The number of hydrogen-bond acceptors (Lipinski definition) is 4. The smallest absolute Gasteiger partial charge is 0.198 e. The number of allylic oxidation sites excluding steroid dienone is 2. The van der Waals surface area contributed by atoms with E-state index in [1.165, 1.54) is 5.56 Å². The third kappa shape index (κ3) is 4.08. The number of hydrogen-bond donors (Lipinski definition) is 0. The van der Waals surface area contributed by atoms with Crippen LogP contribution in [-0.2, 0) is 11.2 Å². The van der Waals surface area contributed by atoms with Crippen molar-refractivity contribution in [1.29, 1.82) is 0 Å². The zero-order valence-corrected chi connectivity index (χ0v) is 19.0. The summed E-state index contributed by atoms with van der Waals surface area (Å²) in [6.45, 7) is 4.32. The second-order valence-corrected chi connectivity index (χ2v) is 10.4. The molecule has 0 bridgehead atoms. The molecule has 1 aliphatic carbocycles. The molecule has 0 radical (unpaired) electrons. The fourth-order valence-corrected chi connectivity index (χ4v) is 6.76. The topological polar surface area (TPSA) is 34.1 Å². The standard InChI is InChI=1S/C24H23ClO2S2/c1-14(2)15-6-3-4-8-20(15)29-21-9-5-7-18(26)22(21)24(27)17-10-11-19-16(23(17)25)12-13-28-19/h3-4,6,8,10-11,14H,5,7,9,12-13H2,1-2H3. The van der Waals surface area contributed by atoms with E-state index in [1.54, 1.807) is 29.6 Å². The van der Waals surface area contributed by atoms with Gasteiger partial charge in [-0.3, -0.25) is 9.59 Å². The molecular weight excluding hydrogens is 420 g/mol. The monoisotopic (exact) mass is 442 g/mol. The van der Waals surface area contributed by atoms with Gasteiger partial charge in [-0.2, -0.15) is 0 Å². The SMILES string of the molecule is CC(C)c1ccccc1SC1=C(C(=O)c2ccc3c(c2Cl)CCS3)C(=O)CCC1. The van der Waals surface area contributed by atoms with Gasteiger partial charge in [0.15, 0.2) is 11.6 Å². The summed E-state index contributed by atoms with van der Waals surface area (Å²) in [6.07, 6.45) is 2.84. The van der Waals surface area contributed by atoms with Crippen LogP contribution in [0, 0.1) is 0 Å². The van der Waals surface area contributed by atoms with Gasteiger partial charge in [-0.05, 0) is 54.5 Å². The van der Waals surface area contributed by atoms with E-state index >= 15 is 0 Å². The highest BCUT2D eigenvalue weighted by atomic mass is 35.5. The molecule has 0 aromatic heterocycles. The van der Waals surface area contributed by atoms with Crippen LogP contribution in [0.1, 0.15) is 60.5 Å². The van der Waals surface area contributed by atoms with Gasteiger partial charge in [0.2, 0.25) is 0 Å². The Bertz CT molecular complexity index is 1020. The molecule has 0 N–H and O–H groups in total. The van der Waals surface area contributed by atoms with Crippen molar-refractivity contribution in [3.63, 3.8) is 0 Å². The van der Waals surface area contributed by atoms with E-state index in [2.05, 4.69) is 26.0 Å². The zero-order chi connectivity index (χ0) is 20.5. The van der Waals surface area contributed by atoms with Crippen LogP contribution in [-0.4, -0.2) is 17.3 Å². The number of carbonyl (C=O) groups excluding carboxylic acids is 2. The van der Waals surface area contributed by atoms with E-state index in [-0.39, 0.29) is 11.6 Å². The average Bonchev–Trinajstić information content (AvgIpc) is 3.18. The van der Waals surface area contributed by atoms with E-state index in [1.807, 2.05) is 18.2 Å². The molecule has 29 heavy (non-hydrogen) atoms. The highest BCUT2D eigenvalue weighted by Crippen LogP contribution is 2.42. The molecule has 2 aromatic rings. The third-order valence-electron chi connectivity index (χ3n) is 5.42. The number of rotatable bonds is 5.